The van der Waals surface area contributed by atoms with Crippen LogP contribution < -0.4 is 5.32 Å². The van der Waals surface area contributed by atoms with Crippen molar-refractivity contribution in [3.05, 3.63) is 0 Å². The van der Waals surface area contributed by atoms with Crippen molar-refractivity contribution in [1.29, 1.82) is 0 Å². The molecule has 0 aliphatic heterocycles. The average Bonchev–Trinajstić information content (AvgIpc) is 3.11. The molecule has 0 aliphatic carbocycles. The van der Waals surface area contributed by atoms with E-state index in [1.165, 1.54) is 186 Å². The van der Waals surface area contributed by atoms with Gasteiger partial charge in [0, 0.05) is 25.3 Å². The van der Waals surface area contributed by atoms with Crippen LogP contribution in [0.1, 0.15) is 272 Å². The van der Waals surface area contributed by atoms with Crippen LogP contribution >= 0.6 is 0 Å². The number of Topliss-reactive ketones (excluding diaryl/α,β-unsaturated/α-hetero) is 1. The second kappa shape index (κ2) is 38.9. The van der Waals surface area contributed by atoms with Crippen LogP contribution in [0.4, 0.5) is 0 Å². The first-order valence-electron chi connectivity index (χ1n) is 23.7. The molecule has 314 valence electrons. The molecule has 0 rings (SSSR count). The van der Waals surface area contributed by atoms with E-state index in [-0.39, 0.29) is 24.1 Å². The smallest absolute Gasteiger partial charge is 0.307 e. The SMILES string of the molecule is CCCCCCCCCCCCCCCCCCCC(=O)CCC(CC(=O)OC(C)(C)C)C(=O)NCCCCCCCCCCCCCCCCCC. The number of rotatable bonds is 41. The summed E-state index contributed by atoms with van der Waals surface area (Å²) in [6, 6.07) is 0. The minimum atomic E-state index is -0.589. The maximum absolute atomic E-state index is 13.1. The van der Waals surface area contributed by atoms with Gasteiger partial charge >= 0.3 is 5.97 Å². The quantitative estimate of drug-likeness (QED) is 0.0499. The first-order chi connectivity index (χ1) is 25.7. The number of hydrogen-bond donors (Lipinski definition) is 1. The molecule has 1 unspecified atom stereocenters. The number of nitrogens with one attached hydrogen (secondary N) is 1. The van der Waals surface area contributed by atoms with Crippen molar-refractivity contribution < 1.29 is 19.1 Å². The van der Waals surface area contributed by atoms with Crippen molar-refractivity contribution in [2.45, 2.75) is 278 Å². The van der Waals surface area contributed by atoms with Gasteiger partial charge < -0.3 is 10.1 Å². The van der Waals surface area contributed by atoms with Crippen LogP contribution in [0.15, 0.2) is 0 Å². The van der Waals surface area contributed by atoms with Gasteiger partial charge in [-0.25, -0.2) is 0 Å². The maximum atomic E-state index is 13.1. The third-order valence-corrected chi connectivity index (χ3v) is 10.9. The highest BCUT2D eigenvalue weighted by molar-refractivity contribution is 5.85. The van der Waals surface area contributed by atoms with E-state index in [4.69, 9.17) is 4.74 Å². The molecule has 0 aliphatic rings. The van der Waals surface area contributed by atoms with Gasteiger partial charge in [0.05, 0.1) is 6.42 Å². The maximum Gasteiger partial charge on any atom is 0.307 e. The fourth-order valence-electron chi connectivity index (χ4n) is 7.45. The predicted molar refractivity (Wildman–Crippen MR) is 230 cm³/mol. The number of esters is 1. The van der Waals surface area contributed by atoms with Gasteiger partial charge in [-0.3, -0.25) is 14.4 Å². The lowest BCUT2D eigenvalue weighted by atomic mass is 9.95. The molecular formula is C48H93NO4. The molecule has 0 heterocycles. The Balaban J connectivity index is 4.01. The van der Waals surface area contributed by atoms with Gasteiger partial charge in [0.1, 0.15) is 11.4 Å². The molecule has 0 fully saturated rings. The highest BCUT2D eigenvalue weighted by Gasteiger charge is 2.26. The Morgan fingerprint density at radius 3 is 1.11 bits per heavy atom. The molecule has 0 radical (unpaired) electrons. The topological polar surface area (TPSA) is 72.5 Å². The molecule has 1 N–H and O–H groups in total. The van der Waals surface area contributed by atoms with Crippen LogP contribution in [-0.2, 0) is 19.1 Å². The molecule has 0 spiro atoms. The molecular weight excluding hydrogens is 655 g/mol. The summed E-state index contributed by atoms with van der Waals surface area (Å²) in [7, 11) is 0. The predicted octanol–water partition coefficient (Wildman–Crippen LogP) is 15.1. The summed E-state index contributed by atoms with van der Waals surface area (Å²) in [6.07, 6.45) is 45.2. The van der Waals surface area contributed by atoms with Crippen molar-refractivity contribution >= 4 is 17.7 Å². The Morgan fingerprint density at radius 1 is 0.453 bits per heavy atom. The summed E-state index contributed by atoms with van der Waals surface area (Å²) in [5, 5.41) is 3.07. The largest absolute Gasteiger partial charge is 0.460 e. The van der Waals surface area contributed by atoms with Gasteiger partial charge in [0.25, 0.3) is 0 Å². The highest BCUT2D eigenvalue weighted by Crippen LogP contribution is 2.19. The minimum absolute atomic E-state index is 0.0362. The van der Waals surface area contributed by atoms with E-state index < -0.39 is 11.5 Å². The fraction of sp³-hybridized carbons (Fsp3) is 0.938. The molecule has 1 amide bonds. The normalized spacial score (nSPS) is 12.2. The number of carbonyl (C=O) groups excluding carboxylic acids is 3. The van der Waals surface area contributed by atoms with Crippen molar-refractivity contribution in [3.8, 4) is 0 Å². The van der Waals surface area contributed by atoms with Crippen LogP contribution in [0.3, 0.4) is 0 Å². The van der Waals surface area contributed by atoms with Gasteiger partial charge in [0.15, 0.2) is 0 Å². The third-order valence-electron chi connectivity index (χ3n) is 10.9. The Kier molecular flexibility index (Phi) is 37.8. The van der Waals surface area contributed by atoms with E-state index in [0.717, 1.165) is 25.7 Å². The summed E-state index contributed by atoms with van der Waals surface area (Å²) in [6.45, 7) is 10.7. The van der Waals surface area contributed by atoms with Crippen LogP contribution in [0, 0.1) is 5.92 Å². The minimum Gasteiger partial charge on any atom is -0.460 e. The monoisotopic (exact) mass is 748 g/mol. The van der Waals surface area contributed by atoms with Gasteiger partial charge in [0.2, 0.25) is 5.91 Å². The van der Waals surface area contributed by atoms with E-state index in [0.29, 0.717) is 25.8 Å². The molecule has 5 heteroatoms. The summed E-state index contributed by atoms with van der Waals surface area (Å²) in [5.41, 5.74) is -0.589. The van der Waals surface area contributed by atoms with Crippen LogP contribution in [0.25, 0.3) is 0 Å². The first-order valence-corrected chi connectivity index (χ1v) is 23.7. The van der Waals surface area contributed by atoms with Crippen LogP contribution in [0.5, 0.6) is 0 Å². The summed E-state index contributed by atoms with van der Waals surface area (Å²) in [5.74, 6) is -0.765. The Labute approximate surface area is 331 Å². The summed E-state index contributed by atoms with van der Waals surface area (Å²) < 4.78 is 5.53. The fourth-order valence-corrected chi connectivity index (χ4v) is 7.45. The summed E-state index contributed by atoms with van der Waals surface area (Å²) in [4.78, 5) is 38.4. The zero-order chi connectivity index (χ0) is 39.1. The average molecular weight is 748 g/mol. The molecule has 0 aromatic rings. The molecule has 0 aromatic heterocycles. The molecule has 0 aromatic carbocycles. The van der Waals surface area contributed by atoms with Gasteiger partial charge in [-0.05, 0) is 40.0 Å². The zero-order valence-corrected chi connectivity index (χ0v) is 36.6. The molecule has 0 saturated heterocycles. The number of carbonyl (C=O) groups is 3. The Morgan fingerprint density at radius 2 is 0.774 bits per heavy atom. The van der Waals surface area contributed by atoms with Crippen molar-refractivity contribution in [3.63, 3.8) is 0 Å². The summed E-state index contributed by atoms with van der Waals surface area (Å²) >= 11 is 0. The Hall–Kier alpha value is -1.39. The van der Waals surface area contributed by atoms with E-state index in [2.05, 4.69) is 19.2 Å². The van der Waals surface area contributed by atoms with E-state index in [9.17, 15) is 14.4 Å². The standard InChI is InChI=1S/C48H93NO4/c1-6-8-10-12-14-16-18-20-22-24-25-27-29-31-33-35-37-39-45(50)41-40-44(43-46(51)53-48(3,4)5)47(52)49-42-38-36-34-32-30-28-26-23-21-19-17-15-13-11-9-7-2/h44H,6-43H2,1-5H3,(H,49,52). The molecule has 0 saturated carbocycles. The molecule has 1 atom stereocenters. The zero-order valence-electron chi connectivity index (χ0n) is 36.6. The first kappa shape index (κ1) is 51.6. The number of unbranched alkanes of at least 4 members (excludes halogenated alkanes) is 31. The highest BCUT2D eigenvalue weighted by atomic mass is 16.6. The van der Waals surface area contributed by atoms with E-state index in [1.54, 1.807) is 0 Å². The van der Waals surface area contributed by atoms with Gasteiger partial charge in [-0.2, -0.15) is 0 Å². The lowest BCUT2D eigenvalue weighted by molar-refractivity contribution is -0.157. The number of hydrogen-bond acceptors (Lipinski definition) is 4. The van der Waals surface area contributed by atoms with E-state index in [1.807, 2.05) is 20.8 Å². The van der Waals surface area contributed by atoms with Gasteiger partial charge in [-0.15, -0.1) is 0 Å². The van der Waals surface area contributed by atoms with Gasteiger partial charge in [-0.1, -0.05) is 213 Å². The number of ether oxygens (including phenoxy) is 1. The number of ketones is 1. The van der Waals surface area contributed by atoms with Crippen molar-refractivity contribution in [1.82, 2.24) is 5.32 Å². The lowest BCUT2D eigenvalue weighted by Gasteiger charge is -2.22. The Bertz CT molecular complexity index is 819. The second-order valence-electron chi connectivity index (χ2n) is 17.6. The third kappa shape index (κ3) is 40.1. The second-order valence-corrected chi connectivity index (χ2v) is 17.6. The van der Waals surface area contributed by atoms with Crippen molar-refractivity contribution in [2.24, 2.45) is 5.92 Å². The lowest BCUT2D eigenvalue weighted by Crippen LogP contribution is -2.34. The van der Waals surface area contributed by atoms with E-state index >= 15 is 0 Å². The van der Waals surface area contributed by atoms with Crippen molar-refractivity contribution in [2.75, 3.05) is 6.54 Å². The van der Waals surface area contributed by atoms with Crippen LogP contribution in [-0.4, -0.2) is 29.8 Å². The molecule has 0 bridgehead atoms. The molecule has 53 heavy (non-hydrogen) atoms. The number of amides is 1. The van der Waals surface area contributed by atoms with Crippen LogP contribution in [0.2, 0.25) is 0 Å². The molecule has 5 nitrogen and oxygen atoms in total.